The fourth-order valence-corrected chi connectivity index (χ4v) is 3.87. The number of hydrogen-bond donors (Lipinski definition) is 2. The summed E-state index contributed by atoms with van der Waals surface area (Å²) < 4.78 is 13.3. The molecule has 154 valence electrons. The number of halogens is 1. The number of carbonyl (C=O) groups is 2. The molecule has 0 spiro atoms. The van der Waals surface area contributed by atoms with Gasteiger partial charge in [0.1, 0.15) is 5.82 Å². The van der Waals surface area contributed by atoms with Gasteiger partial charge in [0.15, 0.2) is 0 Å². The van der Waals surface area contributed by atoms with E-state index in [0.29, 0.717) is 25.1 Å². The third kappa shape index (κ3) is 5.34. The molecular formula is C23H28FN3O2. The van der Waals surface area contributed by atoms with Gasteiger partial charge in [-0.05, 0) is 49.9 Å². The van der Waals surface area contributed by atoms with Gasteiger partial charge in [-0.3, -0.25) is 4.79 Å². The molecule has 1 aliphatic heterocycles. The molecule has 6 heteroatoms. The Morgan fingerprint density at radius 1 is 1.10 bits per heavy atom. The van der Waals surface area contributed by atoms with E-state index in [1.54, 1.807) is 17.0 Å². The maximum absolute atomic E-state index is 13.3. The summed E-state index contributed by atoms with van der Waals surface area (Å²) in [6, 6.07) is 14.2. The van der Waals surface area contributed by atoms with Gasteiger partial charge in [0.25, 0.3) is 0 Å². The van der Waals surface area contributed by atoms with E-state index < -0.39 is 0 Å². The van der Waals surface area contributed by atoms with Crippen molar-refractivity contribution < 1.29 is 14.0 Å². The molecule has 3 rings (SSSR count). The highest BCUT2D eigenvalue weighted by molar-refractivity contribution is 5.81. The van der Waals surface area contributed by atoms with Gasteiger partial charge in [-0.15, -0.1) is 0 Å². The molecule has 1 fully saturated rings. The number of piperidine rings is 1. The van der Waals surface area contributed by atoms with Gasteiger partial charge in [-0.1, -0.05) is 42.0 Å². The van der Waals surface area contributed by atoms with Crippen LogP contribution in [0.2, 0.25) is 0 Å². The van der Waals surface area contributed by atoms with Gasteiger partial charge in [0.2, 0.25) is 5.91 Å². The molecule has 1 aliphatic rings. The Morgan fingerprint density at radius 3 is 2.62 bits per heavy atom. The minimum atomic E-state index is -0.321. The molecule has 0 radical (unpaired) electrons. The molecule has 1 saturated heterocycles. The first-order valence-corrected chi connectivity index (χ1v) is 10.1. The Kier molecular flexibility index (Phi) is 6.86. The number of nitrogens with one attached hydrogen (secondary N) is 2. The summed E-state index contributed by atoms with van der Waals surface area (Å²) in [6.07, 6.45) is 1.42. The number of likely N-dealkylation sites (tertiary alicyclic amines) is 1. The molecule has 2 aromatic carbocycles. The first-order valence-electron chi connectivity index (χ1n) is 10.1. The summed E-state index contributed by atoms with van der Waals surface area (Å²) in [5.74, 6) is -0.712. The van der Waals surface area contributed by atoms with E-state index in [0.717, 1.165) is 17.5 Å². The number of aryl methyl sites for hydroxylation is 1. The first-order chi connectivity index (χ1) is 14.0. The molecule has 2 atom stereocenters. The second-order valence-electron chi connectivity index (χ2n) is 7.54. The van der Waals surface area contributed by atoms with Crippen LogP contribution in [0.4, 0.5) is 9.18 Å². The third-order valence-electron chi connectivity index (χ3n) is 5.32. The second kappa shape index (κ2) is 9.54. The predicted molar refractivity (Wildman–Crippen MR) is 111 cm³/mol. The summed E-state index contributed by atoms with van der Waals surface area (Å²) in [7, 11) is 0. The van der Waals surface area contributed by atoms with Crippen molar-refractivity contribution in [3.63, 3.8) is 0 Å². The lowest BCUT2D eigenvalue weighted by molar-refractivity contribution is -0.126. The number of carbonyl (C=O) groups excluding carboxylic acids is 2. The number of nitrogens with zero attached hydrogens (tertiary/aromatic N) is 1. The van der Waals surface area contributed by atoms with Gasteiger partial charge >= 0.3 is 6.03 Å². The molecule has 0 aliphatic carbocycles. The third-order valence-corrected chi connectivity index (χ3v) is 5.32. The lowest BCUT2D eigenvalue weighted by atomic mass is 9.88. The summed E-state index contributed by atoms with van der Waals surface area (Å²) in [5, 5.41) is 5.75. The Labute approximate surface area is 171 Å². The quantitative estimate of drug-likeness (QED) is 0.803. The standard InChI is InChI=1S/C23H28FN3O2/c1-3-25-23(29)27-15-19(10-11-21(27)18-8-4-6-16(2)12-18)22(28)26-14-17-7-5-9-20(24)13-17/h4-9,12-13,19,21H,3,10-11,14-15H2,1-2H3,(H,25,29)(H,26,28). The van der Waals surface area contributed by atoms with E-state index in [9.17, 15) is 14.0 Å². The smallest absolute Gasteiger partial charge is 0.317 e. The lowest BCUT2D eigenvalue weighted by Gasteiger charge is -2.39. The van der Waals surface area contributed by atoms with Crippen LogP contribution in [0.15, 0.2) is 48.5 Å². The van der Waals surface area contributed by atoms with Crippen molar-refractivity contribution in [1.29, 1.82) is 0 Å². The van der Waals surface area contributed by atoms with Crippen molar-refractivity contribution in [2.75, 3.05) is 13.1 Å². The Bertz CT molecular complexity index is 871. The maximum Gasteiger partial charge on any atom is 0.317 e. The minimum Gasteiger partial charge on any atom is -0.352 e. The highest BCUT2D eigenvalue weighted by atomic mass is 19.1. The van der Waals surface area contributed by atoms with Crippen LogP contribution in [-0.2, 0) is 11.3 Å². The highest BCUT2D eigenvalue weighted by Gasteiger charge is 2.35. The summed E-state index contributed by atoms with van der Waals surface area (Å²) in [5.41, 5.74) is 2.95. The second-order valence-corrected chi connectivity index (χ2v) is 7.54. The summed E-state index contributed by atoms with van der Waals surface area (Å²) in [4.78, 5) is 27.2. The van der Waals surface area contributed by atoms with Crippen molar-refractivity contribution in [3.8, 4) is 0 Å². The number of rotatable bonds is 5. The number of hydrogen-bond acceptors (Lipinski definition) is 2. The van der Waals surface area contributed by atoms with Crippen molar-refractivity contribution in [2.45, 2.75) is 39.3 Å². The van der Waals surface area contributed by atoms with E-state index in [1.807, 2.05) is 32.0 Å². The van der Waals surface area contributed by atoms with Crippen molar-refractivity contribution >= 4 is 11.9 Å². The Morgan fingerprint density at radius 2 is 1.90 bits per heavy atom. The average molecular weight is 397 g/mol. The maximum atomic E-state index is 13.3. The van der Waals surface area contributed by atoms with E-state index in [4.69, 9.17) is 0 Å². The van der Waals surface area contributed by atoms with Crippen LogP contribution >= 0.6 is 0 Å². The zero-order valence-corrected chi connectivity index (χ0v) is 17.0. The first kappa shape index (κ1) is 20.8. The van der Waals surface area contributed by atoms with E-state index in [1.165, 1.54) is 12.1 Å². The topological polar surface area (TPSA) is 61.4 Å². The molecule has 29 heavy (non-hydrogen) atoms. The monoisotopic (exact) mass is 397 g/mol. The Hall–Kier alpha value is -2.89. The summed E-state index contributed by atoms with van der Waals surface area (Å²) in [6.45, 7) is 5.08. The van der Waals surface area contributed by atoms with Crippen LogP contribution < -0.4 is 10.6 Å². The van der Waals surface area contributed by atoms with Crippen LogP contribution in [0.3, 0.4) is 0 Å². The van der Waals surface area contributed by atoms with E-state index in [2.05, 4.69) is 16.7 Å². The molecule has 3 amide bonds. The number of benzene rings is 2. The summed E-state index contributed by atoms with van der Waals surface area (Å²) >= 11 is 0. The van der Waals surface area contributed by atoms with Crippen LogP contribution in [0.1, 0.15) is 42.5 Å². The van der Waals surface area contributed by atoms with E-state index in [-0.39, 0.29) is 36.3 Å². The molecule has 2 aromatic rings. The van der Waals surface area contributed by atoms with Crippen molar-refractivity contribution in [3.05, 3.63) is 71.0 Å². The van der Waals surface area contributed by atoms with Gasteiger partial charge in [0, 0.05) is 19.6 Å². The van der Waals surface area contributed by atoms with Crippen LogP contribution in [0.5, 0.6) is 0 Å². The molecule has 0 bridgehead atoms. The molecule has 0 saturated carbocycles. The van der Waals surface area contributed by atoms with Crippen LogP contribution in [0, 0.1) is 18.7 Å². The van der Waals surface area contributed by atoms with Gasteiger partial charge in [-0.25, -0.2) is 9.18 Å². The highest BCUT2D eigenvalue weighted by Crippen LogP contribution is 2.34. The molecule has 2 N–H and O–H groups in total. The predicted octanol–water partition coefficient (Wildman–Crippen LogP) is 3.93. The van der Waals surface area contributed by atoms with Crippen molar-refractivity contribution in [1.82, 2.24) is 15.5 Å². The SMILES string of the molecule is CCNC(=O)N1CC(C(=O)NCc2cccc(F)c2)CCC1c1cccc(C)c1. The minimum absolute atomic E-state index is 0.0475. The molecule has 1 heterocycles. The van der Waals surface area contributed by atoms with Crippen molar-refractivity contribution in [2.24, 2.45) is 5.92 Å². The molecular weight excluding hydrogens is 369 g/mol. The largest absolute Gasteiger partial charge is 0.352 e. The molecule has 0 aromatic heterocycles. The van der Waals surface area contributed by atoms with Crippen LogP contribution in [0.25, 0.3) is 0 Å². The van der Waals surface area contributed by atoms with Gasteiger partial charge in [-0.2, -0.15) is 0 Å². The zero-order valence-electron chi connectivity index (χ0n) is 17.0. The lowest BCUT2D eigenvalue weighted by Crippen LogP contribution is -2.50. The Balaban J connectivity index is 1.69. The van der Waals surface area contributed by atoms with Crippen LogP contribution in [-0.4, -0.2) is 29.9 Å². The zero-order chi connectivity index (χ0) is 20.8. The number of amides is 3. The van der Waals surface area contributed by atoms with Gasteiger partial charge < -0.3 is 15.5 Å². The fraction of sp³-hybridized carbons (Fsp3) is 0.391. The molecule has 2 unspecified atom stereocenters. The molecule has 5 nitrogen and oxygen atoms in total. The number of urea groups is 1. The average Bonchev–Trinajstić information content (AvgIpc) is 2.72. The van der Waals surface area contributed by atoms with E-state index >= 15 is 0 Å². The van der Waals surface area contributed by atoms with Gasteiger partial charge in [0.05, 0.1) is 12.0 Å². The normalized spacial score (nSPS) is 18.9. The fourth-order valence-electron chi connectivity index (χ4n) is 3.87.